The fraction of sp³-hybridized carbons (Fsp3) is 0.833. The van der Waals surface area contributed by atoms with Crippen LogP contribution in [-0.2, 0) is 14.6 Å². The third-order valence-electron chi connectivity index (χ3n) is 4.48. The largest absolute Gasteiger partial charge is 0.409 e. The van der Waals surface area contributed by atoms with Gasteiger partial charge in [-0.3, -0.25) is 4.79 Å². The minimum atomic E-state index is -3.05. The van der Waals surface area contributed by atoms with E-state index in [4.69, 9.17) is 10.9 Å². The Labute approximate surface area is 118 Å². The molecule has 1 saturated carbocycles. The smallest absolute Gasteiger partial charge is 0.236 e. The number of hydrogen-bond donors (Lipinski definition) is 2. The van der Waals surface area contributed by atoms with Gasteiger partial charge in [0.1, 0.15) is 5.41 Å². The highest BCUT2D eigenvalue weighted by Crippen LogP contribution is 2.47. The maximum atomic E-state index is 12.7. The summed E-state index contributed by atoms with van der Waals surface area (Å²) in [6.07, 6.45) is 1.52. The summed E-state index contributed by atoms with van der Waals surface area (Å²) in [6, 6.07) is -0.313. The van der Waals surface area contributed by atoms with E-state index in [0.29, 0.717) is 25.2 Å². The summed E-state index contributed by atoms with van der Waals surface area (Å²) in [7, 11) is -1.45. The molecule has 2 rings (SSSR count). The number of hydrogen-bond acceptors (Lipinski definition) is 5. The first kappa shape index (κ1) is 15.1. The molecule has 3 N–H and O–H groups in total. The Hall–Kier alpha value is -1.31. The van der Waals surface area contributed by atoms with Crippen LogP contribution in [0.25, 0.3) is 0 Å². The van der Waals surface area contributed by atoms with Crippen LogP contribution in [0.2, 0.25) is 0 Å². The molecule has 8 heteroatoms. The Morgan fingerprint density at radius 1 is 1.45 bits per heavy atom. The number of sulfone groups is 1. The van der Waals surface area contributed by atoms with Gasteiger partial charge in [-0.25, -0.2) is 8.42 Å². The van der Waals surface area contributed by atoms with Gasteiger partial charge in [-0.15, -0.1) is 0 Å². The summed E-state index contributed by atoms with van der Waals surface area (Å²) in [5.41, 5.74) is 4.74. The van der Waals surface area contributed by atoms with E-state index in [0.717, 1.165) is 0 Å². The lowest BCUT2D eigenvalue weighted by Crippen LogP contribution is -2.58. The maximum Gasteiger partial charge on any atom is 0.236 e. The highest BCUT2D eigenvalue weighted by atomic mass is 32.2. The van der Waals surface area contributed by atoms with Crippen molar-refractivity contribution < 1.29 is 18.4 Å². The lowest BCUT2D eigenvalue weighted by Gasteiger charge is -2.46. The van der Waals surface area contributed by atoms with Gasteiger partial charge < -0.3 is 15.8 Å². The average Bonchev–Trinajstić information content (AvgIpc) is 2.72. The van der Waals surface area contributed by atoms with Crippen molar-refractivity contribution >= 4 is 21.6 Å². The second-order valence-corrected chi connectivity index (χ2v) is 8.28. The molecule has 2 fully saturated rings. The van der Waals surface area contributed by atoms with Crippen molar-refractivity contribution in [3.8, 4) is 0 Å². The minimum Gasteiger partial charge on any atom is -0.409 e. The lowest BCUT2D eigenvalue weighted by molar-refractivity contribution is -0.144. The monoisotopic (exact) mass is 303 g/mol. The summed E-state index contributed by atoms with van der Waals surface area (Å²) in [5.74, 6) is 0.125. The average molecular weight is 303 g/mol. The van der Waals surface area contributed by atoms with Gasteiger partial charge in [0, 0.05) is 13.1 Å². The summed E-state index contributed by atoms with van der Waals surface area (Å²) in [6.45, 7) is 2.00. The lowest BCUT2D eigenvalue weighted by atomic mass is 9.61. The summed E-state index contributed by atoms with van der Waals surface area (Å²) < 4.78 is 23.0. The third-order valence-corrected chi connectivity index (χ3v) is 6.23. The second kappa shape index (κ2) is 4.91. The molecule has 1 saturated heterocycles. The van der Waals surface area contributed by atoms with Crippen LogP contribution in [0, 0.1) is 11.3 Å². The van der Waals surface area contributed by atoms with Gasteiger partial charge in [0.25, 0.3) is 0 Å². The molecule has 1 unspecified atom stereocenters. The van der Waals surface area contributed by atoms with Gasteiger partial charge in [-0.1, -0.05) is 12.1 Å². The molecule has 0 bridgehead atoms. The minimum absolute atomic E-state index is 0.00293. The van der Waals surface area contributed by atoms with E-state index in [1.54, 1.807) is 7.05 Å². The molecule has 0 spiro atoms. The Morgan fingerprint density at radius 3 is 2.45 bits per heavy atom. The predicted octanol–water partition coefficient (Wildman–Crippen LogP) is -0.205. The van der Waals surface area contributed by atoms with Crippen LogP contribution in [-0.4, -0.2) is 54.9 Å². The Morgan fingerprint density at radius 2 is 2.05 bits per heavy atom. The van der Waals surface area contributed by atoms with E-state index in [9.17, 15) is 13.2 Å². The number of amides is 1. The number of nitrogens with two attached hydrogens (primary N) is 1. The van der Waals surface area contributed by atoms with Gasteiger partial charge in [0.15, 0.2) is 15.7 Å². The van der Waals surface area contributed by atoms with Crippen LogP contribution < -0.4 is 5.73 Å². The fourth-order valence-electron chi connectivity index (χ4n) is 3.30. The molecule has 114 valence electrons. The van der Waals surface area contributed by atoms with Crippen LogP contribution >= 0.6 is 0 Å². The van der Waals surface area contributed by atoms with E-state index in [1.165, 1.54) is 4.90 Å². The molecule has 2 aliphatic rings. The molecule has 1 atom stereocenters. The second-order valence-electron chi connectivity index (χ2n) is 6.05. The number of rotatable bonds is 3. The fourth-order valence-corrected chi connectivity index (χ4v) is 5.08. The van der Waals surface area contributed by atoms with E-state index < -0.39 is 15.3 Å². The first-order chi connectivity index (χ1) is 9.22. The van der Waals surface area contributed by atoms with Crippen molar-refractivity contribution in [1.82, 2.24) is 4.90 Å². The van der Waals surface area contributed by atoms with Crippen molar-refractivity contribution in [2.45, 2.75) is 32.2 Å². The van der Waals surface area contributed by atoms with Crippen LogP contribution in [0.1, 0.15) is 26.2 Å². The molecule has 0 aromatic carbocycles. The molecule has 0 radical (unpaired) electrons. The van der Waals surface area contributed by atoms with Crippen molar-refractivity contribution in [3.05, 3.63) is 0 Å². The SMILES string of the molecule is CC1CC(C(=O)N(C)C2CCS(=O)(=O)C2)(C(N)=NO)C1. The third kappa shape index (κ3) is 2.36. The maximum absolute atomic E-state index is 12.7. The van der Waals surface area contributed by atoms with Gasteiger partial charge in [0.2, 0.25) is 5.91 Å². The molecule has 0 aromatic heterocycles. The van der Waals surface area contributed by atoms with Crippen LogP contribution in [0.4, 0.5) is 0 Å². The molecule has 1 heterocycles. The molecule has 7 nitrogen and oxygen atoms in total. The van der Waals surface area contributed by atoms with Gasteiger partial charge in [-0.05, 0) is 25.2 Å². The zero-order valence-corrected chi connectivity index (χ0v) is 12.6. The van der Waals surface area contributed by atoms with E-state index >= 15 is 0 Å². The molecule has 1 aliphatic carbocycles. The van der Waals surface area contributed by atoms with Gasteiger partial charge in [0.05, 0.1) is 11.5 Å². The topological polar surface area (TPSA) is 113 Å². The highest BCUT2D eigenvalue weighted by molar-refractivity contribution is 7.91. The summed E-state index contributed by atoms with van der Waals surface area (Å²) in [5, 5.41) is 11.9. The number of amidine groups is 1. The number of carbonyl (C=O) groups is 1. The van der Waals surface area contributed by atoms with E-state index in [2.05, 4.69) is 5.16 Å². The van der Waals surface area contributed by atoms with Gasteiger partial charge >= 0.3 is 0 Å². The van der Waals surface area contributed by atoms with Crippen LogP contribution in [0.3, 0.4) is 0 Å². The quantitative estimate of drug-likeness (QED) is 0.324. The van der Waals surface area contributed by atoms with E-state index in [-0.39, 0.29) is 29.3 Å². The number of nitrogens with zero attached hydrogens (tertiary/aromatic N) is 2. The normalized spacial score (nSPS) is 36.4. The van der Waals surface area contributed by atoms with Crippen LogP contribution in [0.5, 0.6) is 0 Å². The van der Waals surface area contributed by atoms with Gasteiger partial charge in [-0.2, -0.15) is 0 Å². The Bertz CT molecular complexity index is 537. The highest BCUT2D eigenvalue weighted by Gasteiger charge is 2.54. The standard InChI is InChI=1S/C12H21N3O4S/c1-8-5-12(6-8,10(13)14-17)11(16)15(2)9-3-4-20(18,19)7-9/h8-9,17H,3-7H2,1-2H3,(H2,13,14). The van der Waals surface area contributed by atoms with Crippen LogP contribution in [0.15, 0.2) is 5.16 Å². The zero-order chi connectivity index (χ0) is 15.1. The number of carbonyl (C=O) groups excluding carboxylic acids is 1. The van der Waals surface area contributed by atoms with Crippen molar-refractivity contribution in [3.63, 3.8) is 0 Å². The van der Waals surface area contributed by atoms with Crippen molar-refractivity contribution in [2.75, 3.05) is 18.6 Å². The summed E-state index contributed by atoms with van der Waals surface area (Å²) >= 11 is 0. The predicted molar refractivity (Wildman–Crippen MR) is 74.1 cm³/mol. The molecule has 1 amide bonds. The Kier molecular flexibility index (Phi) is 3.70. The first-order valence-corrected chi connectivity index (χ1v) is 8.49. The van der Waals surface area contributed by atoms with E-state index in [1.807, 2.05) is 6.92 Å². The van der Waals surface area contributed by atoms with Crippen molar-refractivity contribution in [1.29, 1.82) is 0 Å². The molecular weight excluding hydrogens is 282 g/mol. The Balaban J connectivity index is 2.17. The molecule has 1 aliphatic heterocycles. The summed E-state index contributed by atoms with van der Waals surface area (Å²) in [4.78, 5) is 14.1. The molecule has 0 aromatic rings. The molecule has 20 heavy (non-hydrogen) atoms. The van der Waals surface area contributed by atoms with Crippen molar-refractivity contribution in [2.24, 2.45) is 22.2 Å². The molecular formula is C12H21N3O4S. The zero-order valence-electron chi connectivity index (χ0n) is 11.7. The number of oxime groups is 1. The first-order valence-electron chi connectivity index (χ1n) is 6.67.